The average Bonchev–Trinajstić information content (AvgIpc) is 2.98. The lowest BCUT2D eigenvalue weighted by atomic mass is 10.2. The minimum Gasteiger partial charge on any atom is -0.490 e. The molecule has 3 aromatic rings. The highest BCUT2D eigenvalue weighted by Gasteiger charge is 2.16. The van der Waals surface area contributed by atoms with Gasteiger partial charge in [-0.05, 0) is 31.2 Å². The molecule has 0 saturated heterocycles. The van der Waals surface area contributed by atoms with Gasteiger partial charge < -0.3 is 20.2 Å². The van der Waals surface area contributed by atoms with E-state index in [4.69, 9.17) is 26.8 Å². The molecule has 24 heavy (non-hydrogen) atoms. The van der Waals surface area contributed by atoms with Crippen LogP contribution < -0.4 is 15.2 Å². The van der Waals surface area contributed by atoms with E-state index in [2.05, 4.69) is 9.97 Å². The number of halogens is 1. The maximum Gasteiger partial charge on any atom is 0.255 e. The molecule has 2 aromatic carbocycles. The fourth-order valence-corrected chi connectivity index (χ4v) is 2.61. The summed E-state index contributed by atoms with van der Waals surface area (Å²) < 4.78 is 11.0. The molecule has 1 heterocycles. The van der Waals surface area contributed by atoms with Crippen molar-refractivity contribution in [2.24, 2.45) is 5.73 Å². The molecule has 0 unspecified atom stereocenters. The summed E-state index contributed by atoms with van der Waals surface area (Å²) >= 11 is 6.30. The molecular formula is C17H16ClN3O3. The molecule has 0 aliphatic rings. The molecule has 3 rings (SSSR count). The molecule has 3 N–H and O–H groups in total. The summed E-state index contributed by atoms with van der Waals surface area (Å²) in [7, 11) is 0. The smallest absolute Gasteiger partial charge is 0.255 e. The molecule has 0 aliphatic carbocycles. The van der Waals surface area contributed by atoms with Crippen LogP contribution >= 0.6 is 11.6 Å². The van der Waals surface area contributed by atoms with Crippen LogP contribution in [0.4, 0.5) is 0 Å². The zero-order valence-corrected chi connectivity index (χ0v) is 13.8. The molecule has 124 valence electrons. The number of aromatic amines is 1. The van der Waals surface area contributed by atoms with E-state index in [0.29, 0.717) is 23.2 Å². The number of para-hydroxylation sites is 2. The van der Waals surface area contributed by atoms with Gasteiger partial charge in [0.2, 0.25) is 0 Å². The summed E-state index contributed by atoms with van der Waals surface area (Å²) in [4.78, 5) is 18.7. The Morgan fingerprint density at radius 3 is 2.79 bits per heavy atom. The van der Waals surface area contributed by atoms with Crippen molar-refractivity contribution in [3.8, 4) is 22.9 Å². The van der Waals surface area contributed by atoms with Crippen molar-refractivity contribution in [1.82, 2.24) is 9.97 Å². The number of primary amides is 1. The van der Waals surface area contributed by atoms with Crippen LogP contribution in [0.25, 0.3) is 22.4 Å². The monoisotopic (exact) mass is 345 g/mol. The summed E-state index contributed by atoms with van der Waals surface area (Å²) in [6.07, 6.45) is 0. The third-order valence-electron chi connectivity index (χ3n) is 3.33. The number of nitrogens with zero attached hydrogens (tertiary/aromatic N) is 1. The summed E-state index contributed by atoms with van der Waals surface area (Å²) in [6.45, 7) is 2.00. The van der Waals surface area contributed by atoms with E-state index in [0.717, 1.165) is 16.6 Å². The first kappa shape index (κ1) is 16.1. The van der Waals surface area contributed by atoms with Crippen molar-refractivity contribution in [1.29, 1.82) is 0 Å². The van der Waals surface area contributed by atoms with Crippen molar-refractivity contribution >= 4 is 28.5 Å². The Labute approximate surface area is 143 Å². The molecule has 6 nitrogen and oxygen atoms in total. The van der Waals surface area contributed by atoms with Crippen LogP contribution in [0.1, 0.15) is 6.92 Å². The van der Waals surface area contributed by atoms with E-state index >= 15 is 0 Å². The van der Waals surface area contributed by atoms with Crippen LogP contribution in [-0.4, -0.2) is 29.1 Å². The largest absolute Gasteiger partial charge is 0.490 e. The minimum atomic E-state index is -0.588. The van der Waals surface area contributed by atoms with Gasteiger partial charge in [0.25, 0.3) is 5.91 Å². The Bertz CT molecular complexity index is 859. The van der Waals surface area contributed by atoms with Gasteiger partial charge in [-0.2, -0.15) is 0 Å². The zero-order chi connectivity index (χ0) is 17.1. The molecule has 0 atom stereocenters. The van der Waals surface area contributed by atoms with Crippen LogP contribution in [0.2, 0.25) is 5.02 Å². The predicted molar refractivity (Wildman–Crippen MR) is 92.4 cm³/mol. The number of nitrogens with two attached hydrogens (primary N) is 1. The van der Waals surface area contributed by atoms with Gasteiger partial charge in [-0.3, -0.25) is 4.79 Å². The highest BCUT2D eigenvalue weighted by molar-refractivity contribution is 6.32. The first-order valence-electron chi connectivity index (χ1n) is 7.41. The number of ether oxygens (including phenoxy) is 2. The average molecular weight is 346 g/mol. The van der Waals surface area contributed by atoms with Gasteiger partial charge in [0.05, 0.1) is 22.7 Å². The van der Waals surface area contributed by atoms with Crippen LogP contribution in [0.5, 0.6) is 11.5 Å². The fraction of sp³-hybridized carbons (Fsp3) is 0.176. The van der Waals surface area contributed by atoms with E-state index in [9.17, 15) is 4.79 Å². The van der Waals surface area contributed by atoms with Crippen LogP contribution in [0, 0.1) is 0 Å². The second-order valence-corrected chi connectivity index (χ2v) is 5.48. The number of benzene rings is 2. The third-order valence-corrected chi connectivity index (χ3v) is 3.61. The Morgan fingerprint density at radius 2 is 2.08 bits per heavy atom. The van der Waals surface area contributed by atoms with E-state index in [1.165, 1.54) is 0 Å². The topological polar surface area (TPSA) is 90.2 Å². The first-order chi connectivity index (χ1) is 11.6. The van der Waals surface area contributed by atoms with Crippen LogP contribution in [-0.2, 0) is 4.79 Å². The predicted octanol–water partition coefficient (Wildman–Crippen LogP) is 3.15. The highest BCUT2D eigenvalue weighted by Crippen LogP contribution is 2.39. The second kappa shape index (κ2) is 6.80. The van der Waals surface area contributed by atoms with E-state index in [1.807, 2.05) is 31.2 Å². The molecular weight excluding hydrogens is 330 g/mol. The molecule has 1 amide bonds. The van der Waals surface area contributed by atoms with Gasteiger partial charge in [0.1, 0.15) is 5.82 Å². The highest BCUT2D eigenvalue weighted by atomic mass is 35.5. The molecule has 7 heteroatoms. The van der Waals surface area contributed by atoms with Gasteiger partial charge in [-0.25, -0.2) is 4.98 Å². The van der Waals surface area contributed by atoms with Gasteiger partial charge in [-0.15, -0.1) is 0 Å². The second-order valence-electron chi connectivity index (χ2n) is 5.08. The van der Waals surface area contributed by atoms with Crippen LogP contribution in [0.3, 0.4) is 0 Å². The quantitative estimate of drug-likeness (QED) is 0.718. The van der Waals surface area contributed by atoms with Gasteiger partial charge in [-0.1, -0.05) is 23.7 Å². The minimum absolute atomic E-state index is 0.274. The Kier molecular flexibility index (Phi) is 4.57. The van der Waals surface area contributed by atoms with Gasteiger partial charge in [0, 0.05) is 5.56 Å². The number of H-pyrrole nitrogens is 1. The van der Waals surface area contributed by atoms with E-state index < -0.39 is 5.91 Å². The summed E-state index contributed by atoms with van der Waals surface area (Å²) in [6, 6.07) is 11.2. The number of nitrogens with one attached hydrogen (secondary N) is 1. The maximum atomic E-state index is 10.9. The molecule has 0 bridgehead atoms. The standard InChI is InChI=1S/C17H16ClN3O3/c1-2-23-14-8-10(7-11(18)16(14)24-9-15(19)22)17-20-12-5-3-4-6-13(12)21-17/h3-8H,2,9H2,1H3,(H2,19,22)(H,20,21). The Balaban J connectivity index is 2.03. The molecule has 1 aromatic heterocycles. The normalized spacial score (nSPS) is 10.8. The number of aromatic nitrogens is 2. The van der Waals surface area contributed by atoms with Crippen molar-refractivity contribution < 1.29 is 14.3 Å². The number of fused-ring (bicyclic) bond motifs is 1. The number of carbonyl (C=O) groups is 1. The summed E-state index contributed by atoms with van der Waals surface area (Å²) in [5, 5.41) is 0.317. The van der Waals surface area contributed by atoms with E-state index in [1.54, 1.807) is 12.1 Å². The number of imidazole rings is 1. The van der Waals surface area contributed by atoms with Gasteiger partial charge in [0.15, 0.2) is 18.1 Å². The van der Waals surface area contributed by atoms with Crippen molar-refractivity contribution in [2.45, 2.75) is 6.92 Å². The third kappa shape index (κ3) is 3.28. The number of carbonyl (C=O) groups excluding carboxylic acids is 1. The lowest BCUT2D eigenvalue weighted by Crippen LogP contribution is -2.20. The van der Waals surface area contributed by atoms with E-state index in [-0.39, 0.29) is 12.4 Å². The Hall–Kier alpha value is -2.73. The van der Waals surface area contributed by atoms with Crippen molar-refractivity contribution in [3.63, 3.8) is 0 Å². The summed E-state index contributed by atoms with van der Waals surface area (Å²) in [5.74, 6) is 0.800. The molecule has 0 radical (unpaired) electrons. The van der Waals surface area contributed by atoms with Crippen LogP contribution in [0.15, 0.2) is 36.4 Å². The van der Waals surface area contributed by atoms with Crippen molar-refractivity contribution in [2.75, 3.05) is 13.2 Å². The van der Waals surface area contributed by atoms with Gasteiger partial charge >= 0.3 is 0 Å². The SMILES string of the molecule is CCOc1cc(-c2nc3ccccc3[nH]2)cc(Cl)c1OCC(N)=O. The number of hydrogen-bond donors (Lipinski definition) is 2. The number of amides is 1. The first-order valence-corrected chi connectivity index (χ1v) is 7.79. The lowest BCUT2D eigenvalue weighted by Gasteiger charge is -2.13. The fourth-order valence-electron chi connectivity index (χ4n) is 2.34. The molecule has 0 saturated carbocycles. The van der Waals surface area contributed by atoms with Crippen molar-refractivity contribution in [3.05, 3.63) is 41.4 Å². The molecule has 0 spiro atoms. The number of hydrogen-bond acceptors (Lipinski definition) is 4. The zero-order valence-electron chi connectivity index (χ0n) is 13.0. The molecule has 0 aliphatic heterocycles. The number of rotatable bonds is 6. The lowest BCUT2D eigenvalue weighted by molar-refractivity contribution is -0.119. The Morgan fingerprint density at radius 1 is 1.29 bits per heavy atom. The molecule has 0 fully saturated rings. The summed E-state index contributed by atoms with van der Waals surface area (Å²) in [5.41, 5.74) is 7.65. The maximum absolute atomic E-state index is 10.9.